The number of nitrogens with one attached hydrogen (secondary N) is 1. The van der Waals surface area contributed by atoms with Crippen LogP contribution in [0.3, 0.4) is 0 Å². The van der Waals surface area contributed by atoms with Crippen LogP contribution in [0.2, 0.25) is 0 Å². The highest BCUT2D eigenvalue weighted by Crippen LogP contribution is 2.40. The maximum Gasteiger partial charge on any atom is 0.0628 e. The maximum atomic E-state index is 10.0. The van der Waals surface area contributed by atoms with Gasteiger partial charge >= 0.3 is 0 Å². The first kappa shape index (κ1) is 16.2. The van der Waals surface area contributed by atoms with Crippen molar-refractivity contribution in [2.75, 3.05) is 46.4 Å². The molecule has 1 aliphatic heterocycles. The minimum Gasteiger partial charge on any atom is -0.394 e. The molecule has 2 N–H and O–H groups in total. The average molecular weight is 283 g/mol. The molecule has 4 nitrogen and oxygen atoms in total. The molecule has 0 aromatic heterocycles. The number of nitrogens with zero attached hydrogens (tertiary/aromatic N) is 2. The molecule has 0 aromatic carbocycles. The standard InChI is InChI=1S/C16H33N3O/c1-4-15-11-18(3)9-6-10-19(15)12-16(13-20,17-5-2)14-7-8-14/h14-15,17,20H,4-13H2,1-3H3. The lowest BCUT2D eigenvalue weighted by Crippen LogP contribution is -2.60. The van der Waals surface area contributed by atoms with Crippen LogP contribution in [0.4, 0.5) is 0 Å². The van der Waals surface area contributed by atoms with Crippen molar-refractivity contribution in [3.8, 4) is 0 Å². The van der Waals surface area contributed by atoms with Gasteiger partial charge in [0, 0.05) is 19.1 Å². The minimum absolute atomic E-state index is 0.0644. The van der Waals surface area contributed by atoms with Crippen LogP contribution < -0.4 is 5.32 Å². The molecule has 2 unspecified atom stereocenters. The van der Waals surface area contributed by atoms with Gasteiger partial charge in [-0.1, -0.05) is 13.8 Å². The molecule has 20 heavy (non-hydrogen) atoms. The van der Waals surface area contributed by atoms with Crippen LogP contribution in [0, 0.1) is 5.92 Å². The Hall–Kier alpha value is -0.160. The third kappa shape index (κ3) is 3.73. The summed E-state index contributed by atoms with van der Waals surface area (Å²) in [6.07, 6.45) is 4.99. The smallest absolute Gasteiger partial charge is 0.0628 e. The molecule has 1 saturated carbocycles. The molecule has 1 saturated heterocycles. The molecule has 0 bridgehead atoms. The van der Waals surface area contributed by atoms with Crippen LogP contribution in [-0.2, 0) is 0 Å². The van der Waals surface area contributed by atoms with Gasteiger partial charge in [0.15, 0.2) is 0 Å². The first-order valence-electron chi connectivity index (χ1n) is 8.43. The summed E-state index contributed by atoms with van der Waals surface area (Å²) in [6, 6.07) is 0.630. The van der Waals surface area contributed by atoms with Crippen molar-refractivity contribution in [2.24, 2.45) is 5.92 Å². The van der Waals surface area contributed by atoms with Gasteiger partial charge in [-0.25, -0.2) is 0 Å². The van der Waals surface area contributed by atoms with Crippen LogP contribution >= 0.6 is 0 Å². The maximum absolute atomic E-state index is 10.0. The van der Waals surface area contributed by atoms with Gasteiger partial charge < -0.3 is 15.3 Å². The van der Waals surface area contributed by atoms with Crippen molar-refractivity contribution in [1.29, 1.82) is 0 Å². The SMILES string of the molecule is CCNC(CO)(CN1CCCN(C)CC1CC)C1CC1. The molecule has 2 atom stereocenters. The summed E-state index contributed by atoms with van der Waals surface area (Å²) in [5.41, 5.74) is -0.0644. The molecule has 0 radical (unpaired) electrons. The van der Waals surface area contributed by atoms with Crippen molar-refractivity contribution < 1.29 is 5.11 Å². The quantitative estimate of drug-likeness (QED) is 0.735. The third-order valence-corrected chi connectivity index (χ3v) is 5.15. The minimum atomic E-state index is -0.0644. The lowest BCUT2D eigenvalue weighted by atomic mass is 9.92. The van der Waals surface area contributed by atoms with Crippen molar-refractivity contribution in [3.05, 3.63) is 0 Å². The highest BCUT2D eigenvalue weighted by Gasteiger charge is 2.46. The van der Waals surface area contributed by atoms with E-state index >= 15 is 0 Å². The fraction of sp³-hybridized carbons (Fsp3) is 1.00. The largest absolute Gasteiger partial charge is 0.394 e. The Bertz CT molecular complexity index is 295. The van der Waals surface area contributed by atoms with Gasteiger partial charge in [0.2, 0.25) is 0 Å². The Kier molecular flexibility index (Phi) is 5.84. The first-order valence-corrected chi connectivity index (χ1v) is 8.43. The third-order valence-electron chi connectivity index (χ3n) is 5.15. The predicted octanol–water partition coefficient (Wildman–Crippen LogP) is 1.15. The van der Waals surface area contributed by atoms with Crippen LogP contribution in [0.15, 0.2) is 0 Å². The van der Waals surface area contributed by atoms with Crippen molar-refractivity contribution in [2.45, 2.75) is 51.1 Å². The lowest BCUT2D eigenvalue weighted by Gasteiger charge is -2.41. The van der Waals surface area contributed by atoms with Gasteiger partial charge in [-0.05, 0) is 58.3 Å². The number of aliphatic hydroxyl groups excluding tert-OH is 1. The van der Waals surface area contributed by atoms with E-state index in [1.807, 2.05) is 0 Å². The molecule has 0 spiro atoms. The van der Waals surface area contributed by atoms with Crippen LogP contribution in [0.1, 0.15) is 39.5 Å². The van der Waals surface area contributed by atoms with Gasteiger partial charge in [0.25, 0.3) is 0 Å². The molecular formula is C16H33N3O. The molecule has 2 rings (SSSR count). The Morgan fingerprint density at radius 3 is 2.55 bits per heavy atom. The average Bonchev–Trinajstić information content (AvgIpc) is 3.27. The summed E-state index contributed by atoms with van der Waals surface area (Å²) in [6.45, 7) is 10.2. The van der Waals surface area contributed by atoms with E-state index in [1.54, 1.807) is 0 Å². The number of likely N-dealkylation sites (N-methyl/N-ethyl adjacent to an activating group) is 2. The molecule has 1 heterocycles. The molecule has 2 aliphatic rings. The molecule has 1 aliphatic carbocycles. The zero-order valence-electron chi connectivity index (χ0n) is 13.6. The molecule has 4 heteroatoms. The normalized spacial score (nSPS) is 29.1. The van der Waals surface area contributed by atoms with Gasteiger partial charge in [-0.15, -0.1) is 0 Å². The summed E-state index contributed by atoms with van der Waals surface area (Å²) < 4.78 is 0. The van der Waals surface area contributed by atoms with Gasteiger partial charge in [-0.3, -0.25) is 4.90 Å². The predicted molar refractivity (Wildman–Crippen MR) is 84.0 cm³/mol. The van der Waals surface area contributed by atoms with Crippen molar-refractivity contribution >= 4 is 0 Å². The second-order valence-corrected chi connectivity index (χ2v) is 6.77. The molecule has 0 aromatic rings. The Morgan fingerprint density at radius 1 is 1.25 bits per heavy atom. The highest BCUT2D eigenvalue weighted by molar-refractivity contribution is 5.03. The topological polar surface area (TPSA) is 38.7 Å². The van der Waals surface area contributed by atoms with Crippen molar-refractivity contribution in [3.63, 3.8) is 0 Å². The van der Waals surface area contributed by atoms with Gasteiger partial charge in [0.1, 0.15) is 0 Å². The van der Waals surface area contributed by atoms with E-state index in [4.69, 9.17) is 0 Å². The van der Waals surface area contributed by atoms with Crippen LogP contribution in [0.5, 0.6) is 0 Å². The zero-order chi connectivity index (χ0) is 14.6. The molecular weight excluding hydrogens is 250 g/mol. The van der Waals surface area contributed by atoms with E-state index in [-0.39, 0.29) is 12.1 Å². The molecule has 0 amide bonds. The highest BCUT2D eigenvalue weighted by atomic mass is 16.3. The van der Waals surface area contributed by atoms with E-state index in [2.05, 4.69) is 36.0 Å². The first-order chi connectivity index (χ1) is 9.65. The lowest BCUT2D eigenvalue weighted by molar-refractivity contribution is 0.0700. The Balaban J connectivity index is 2.06. The van der Waals surface area contributed by atoms with Crippen LogP contribution in [-0.4, -0.2) is 72.9 Å². The monoisotopic (exact) mass is 283 g/mol. The Morgan fingerprint density at radius 2 is 2.00 bits per heavy atom. The van der Waals surface area contributed by atoms with E-state index in [1.165, 1.54) is 38.8 Å². The van der Waals surface area contributed by atoms with Crippen LogP contribution in [0.25, 0.3) is 0 Å². The summed E-state index contributed by atoms with van der Waals surface area (Å²) in [5, 5.41) is 13.7. The van der Waals surface area contributed by atoms with E-state index < -0.39 is 0 Å². The van der Waals surface area contributed by atoms with E-state index in [9.17, 15) is 5.11 Å². The second-order valence-electron chi connectivity index (χ2n) is 6.77. The summed E-state index contributed by atoms with van der Waals surface area (Å²) in [4.78, 5) is 5.10. The number of aliphatic hydroxyl groups is 1. The summed E-state index contributed by atoms with van der Waals surface area (Å²) in [5.74, 6) is 0.672. The second kappa shape index (κ2) is 7.21. The number of hydrogen-bond acceptors (Lipinski definition) is 4. The van der Waals surface area contributed by atoms with E-state index in [0.717, 1.165) is 19.6 Å². The number of rotatable bonds is 7. The fourth-order valence-corrected chi connectivity index (χ4v) is 3.80. The summed E-state index contributed by atoms with van der Waals surface area (Å²) >= 11 is 0. The fourth-order valence-electron chi connectivity index (χ4n) is 3.80. The van der Waals surface area contributed by atoms with Gasteiger partial charge in [0.05, 0.1) is 12.1 Å². The zero-order valence-corrected chi connectivity index (χ0v) is 13.6. The van der Waals surface area contributed by atoms with E-state index in [0.29, 0.717) is 12.0 Å². The number of hydrogen-bond donors (Lipinski definition) is 2. The van der Waals surface area contributed by atoms with Crippen molar-refractivity contribution in [1.82, 2.24) is 15.1 Å². The van der Waals surface area contributed by atoms with Gasteiger partial charge in [-0.2, -0.15) is 0 Å². The Labute approximate surface area is 124 Å². The summed E-state index contributed by atoms with van der Waals surface area (Å²) in [7, 11) is 2.23. The molecule has 2 fully saturated rings. The molecule has 118 valence electrons.